The summed E-state index contributed by atoms with van der Waals surface area (Å²) in [6, 6.07) is 0. The van der Waals surface area contributed by atoms with Crippen LogP contribution < -0.4 is 0 Å². The summed E-state index contributed by atoms with van der Waals surface area (Å²) in [5.41, 5.74) is 0. The lowest BCUT2D eigenvalue weighted by atomic mass is 10.1. The number of hydrogen-bond donors (Lipinski definition) is 1. The van der Waals surface area contributed by atoms with Gasteiger partial charge in [-0.1, -0.05) is 49.5 Å². The second-order valence-electron chi connectivity index (χ2n) is 3.85. The molecule has 0 heterocycles. The summed E-state index contributed by atoms with van der Waals surface area (Å²) in [5, 5.41) is 9.50. The number of aliphatic hydroxyl groups excluding tert-OH is 1. The Morgan fingerprint density at radius 3 is 2.44 bits per heavy atom. The van der Waals surface area contributed by atoms with Crippen molar-refractivity contribution in [1.29, 1.82) is 0 Å². The van der Waals surface area contributed by atoms with Crippen LogP contribution in [0.3, 0.4) is 0 Å². The molecule has 0 aliphatic heterocycles. The Bertz CT molecular complexity index is 391. The summed E-state index contributed by atoms with van der Waals surface area (Å²) in [6.45, 7) is 4.00. The van der Waals surface area contributed by atoms with Gasteiger partial charge >= 0.3 is 0 Å². The molecule has 0 aromatic heterocycles. The summed E-state index contributed by atoms with van der Waals surface area (Å²) in [6.07, 6.45) is 14.8. The molecule has 0 aliphatic rings. The molecular weight excluding hydrogens is 220 g/mol. The van der Waals surface area contributed by atoms with E-state index in [4.69, 9.17) is 0 Å². The average Bonchev–Trinajstić information content (AvgIpc) is 2.36. The molecule has 0 saturated heterocycles. The largest absolute Gasteiger partial charge is 0.393 e. The van der Waals surface area contributed by atoms with E-state index in [-0.39, 0.29) is 6.10 Å². The van der Waals surface area contributed by atoms with Gasteiger partial charge in [0.25, 0.3) is 0 Å². The SMILES string of the molecule is C/C=C/C#CC#C/C=C/C=C/CC[C@@H](O)CCC. The minimum absolute atomic E-state index is 0.162. The fraction of sp³-hybridized carbons (Fsp3) is 0.412. The Labute approximate surface area is 111 Å². The van der Waals surface area contributed by atoms with Crippen molar-refractivity contribution < 1.29 is 5.11 Å². The molecule has 0 rings (SSSR count). The number of rotatable bonds is 6. The highest BCUT2D eigenvalue weighted by Gasteiger charge is 1.98. The molecule has 96 valence electrons. The van der Waals surface area contributed by atoms with Gasteiger partial charge < -0.3 is 5.11 Å². The lowest BCUT2D eigenvalue weighted by Crippen LogP contribution is -2.04. The highest BCUT2D eigenvalue weighted by Crippen LogP contribution is 2.04. The van der Waals surface area contributed by atoms with E-state index >= 15 is 0 Å². The molecule has 0 bridgehead atoms. The molecule has 0 aliphatic carbocycles. The molecule has 0 saturated carbocycles. The average molecular weight is 242 g/mol. The monoisotopic (exact) mass is 242 g/mol. The van der Waals surface area contributed by atoms with Gasteiger partial charge in [0.2, 0.25) is 0 Å². The Balaban J connectivity index is 3.73. The zero-order valence-electron chi connectivity index (χ0n) is 11.3. The maximum atomic E-state index is 9.50. The topological polar surface area (TPSA) is 20.2 Å². The van der Waals surface area contributed by atoms with Crippen LogP contribution in [0.25, 0.3) is 0 Å². The Hall–Kier alpha value is -1.70. The highest BCUT2D eigenvalue weighted by molar-refractivity contribution is 5.34. The number of aliphatic hydroxyl groups is 1. The van der Waals surface area contributed by atoms with E-state index in [1.54, 1.807) is 12.2 Å². The van der Waals surface area contributed by atoms with Gasteiger partial charge in [0.15, 0.2) is 0 Å². The van der Waals surface area contributed by atoms with Crippen LogP contribution in [-0.4, -0.2) is 11.2 Å². The lowest BCUT2D eigenvalue weighted by Gasteiger charge is -2.05. The van der Waals surface area contributed by atoms with E-state index in [1.165, 1.54) is 0 Å². The molecule has 0 aromatic rings. The van der Waals surface area contributed by atoms with Crippen LogP contribution in [0.4, 0.5) is 0 Å². The first kappa shape index (κ1) is 16.3. The quantitative estimate of drug-likeness (QED) is 0.557. The maximum Gasteiger partial charge on any atom is 0.0543 e. The van der Waals surface area contributed by atoms with Gasteiger partial charge in [0.05, 0.1) is 6.10 Å². The molecule has 1 heteroatoms. The summed E-state index contributed by atoms with van der Waals surface area (Å²) < 4.78 is 0. The summed E-state index contributed by atoms with van der Waals surface area (Å²) in [7, 11) is 0. The van der Waals surface area contributed by atoms with E-state index in [2.05, 4.69) is 30.6 Å². The Morgan fingerprint density at radius 2 is 1.78 bits per heavy atom. The smallest absolute Gasteiger partial charge is 0.0543 e. The highest BCUT2D eigenvalue weighted by atomic mass is 16.3. The van der Waals surface area contributed by atoms with Gasteiger partial charge in [-0.15, -0.1) is 0 Å². The van der Waals surface area contributed by atoms with Crippen molar-refractivity contribution in [3.05, 3.63) is 36.5 Å². The van der Waals surface area contributed by atoms with Crippen molar-refractivity contribution in [1.82, 2.24) is 0 Å². The maximum absolute atomic E-state index is 9.50. The normalized spacial score (nSPS) is 12.4. The van der Waals surface area contributed by atoms with Crippen LogP contribution in [0.15, 0.2) is 36.5 Å². The minimum Gasteiger partial charge on any atom is -0.393 e. The Kier molecular flexibility index (Phi) is 12.1. The predicted octanol–water partition coefficient (Wildman–Crippen LogP) is 3.62. The minimum atomic E-state index is -0.162. The van der Waals surface area contributed by atoms with E-state index in [9.17, 15) is 5.11 Å². The first-order valence-electron chi connectivity index (χ1n) is 6.43. The van der Waals surface area contributed by atoms with Gasteiger partial charge in [-0.2, -0.15) is 0 Å². The van der Waals surface area contributed by atoms with Crippen LogP contribution in [0.2, 0.25) is 0 Å². The molecule has 1 N–H and O–H groups in total. The van der Waals surface area contributed by atoms with Crippen molar-refractivity contribution in [2.24, 2.45) is 0 Å². The molecule has 1 nitrogen and oxygen atoms in total. The second-order valence-corrected chi connectivity index (χ2v) is 3.85. The first-order valence-corrected chi connectivity index (χ1v) is 6.43. The van der Waals surface area contributed by atoms with Gasteiger partial charge in [0.1, 0.15) is 0 Å². The molecular formula is C17H22O. The summed E-state index contributed by atoms with van der Waals surface area (Å²) in [4.78, 5) is 0. The molecule has 0 fully saturated rings. The second kappa shape index (κ2) is 13.4. The van der Waals surface area contributed by atoms with E-state index < -0.39 is 0 Å². The van der Waals surface area contributed by atoms with Gasteiger partial charge in [-0.3, -0.25) is 0 Å². The van der Waals surface area contributed by atoms with Crippen LogP contribution >= 0.6 is 0 Å². The zero-order chi connectivity index (χ0) is 13.5. The third kappa shape index (κ3) is 12.4. The van der Waals surface area contributed by atoms with Crippen LogP contribution in [0, 0.1) is 23.7 Å². The molecule has 0 aromatic carbocycles. The van der Waals surface area contributed by atoms with Crippen LogP contribution in [0.5, 0.6) is 0 Å². The van der Waals surface area contributed by atoms with E-state index in [1.807, 2.05) is 31.2 Å². The standard InChI is InChI=1S/C17H22O/c1-3-5-6-7-8-9-10-11-12-13-14-16-17(18)15-4-2/h3,5,10-13,17-18H,4,14-16H2,1-2H3/b5-3+,11-10+,13-12+/t17-/m0/s1. The van der Waals surface area contributed by atoms with Crippen molar-refractivity contribution >= 4 is 0 Å². The third-order valence-corrected chi connectivity index (χ3v) is 2.17. The zero-order valence-corrected chi connectivity index (χ0v) is 11.3. The van der Waals surface area contributed by atoms with Crippen molar-refractivity contribution in [2.45, 2.75) is 45.6 Å². The third-order valence-electron chi connectivity index (χ3n) is 2.17. The Morgan fingerprint density at radius 1 is 1.06 bits per heavy atom. The van der Waals surface area contributed by atoms with Gasteiger partial charge in [0, 0.05) is 0 Å². The molecule has 0 radical (unpaired) electrons. The fourth-order valence-electron chi connectivity index (χ4n) is 1.28. The van der Waals surface area contributed by atoms with Crippen molar-refractivity contribution in [2.75, 3.05) is 0 Å². The molecule has 1 atom stereocenters. The fourth-order valence-corrected chi connectivity index (χ4v) is 1.28. The van der Waals surface area contributed by atoms with Crippen LogP contribution in [-0.2, 0) is 0 Å². The molecule has 0 amide bonds. The lowest BCUT2D eigenvalue weighted by molar-refractivity contribution is 0.155. The number of allylic oxidation sites excluding steroid dienone is 6. The summed E-state index contributed by atoms with van der Waals surface area (Å²) >= 11 is 0. The molecule has 0 spiro atoms. The molecule has 18 heavy (non-hydrogen) atoms. The van der Waals surface area contributed by atoms with Gasteiger partial charge in [-0.05, 0) is 50.2 Å². The van der Waals surface area contributed by atoms with E-state index in [0.29, 0.717) is 0 Å². The summed E-state index contributed by atoms with van der Waals surface area (Å²) in [5.74, 6) is 11.0. The first-order chi connectivity index (χ1) is 8.81. The van der Waals surface area contributed by atoms with Gasteiger partial charge in [-0.25, -0.2) is 0 Å². The van der Waals surface area contributed by atoms with Crippen LogP contribution in [0.1, 0.15) is 39.5 Å². The molecule has 0 unspecified atom stereocenters. The predicted molar refractivity (Wildman–Crippen MR) is 78.8 cm³/mol. The van der Waals surface area contributed by atoms with Crippen molar-refractivity contribution in [3.8, 4) is 23.7 Å². The number of hydrogen-bond acceptors (Lipinski definition) is 1. The van der Waals surface area contributed by atoms with E-state index in [0.717, 1.165) is 25.7 Å². The van der Waals surface area contributed by atoms with Crippen molar-refractivity contribution in [3.63, 3.8) is 0 Å².